The van der Waals surface area contributed by atoms with Gasteiger partial charge in [0.2, 0.25) is 0 Å². The number of sulfonamides is 1. The Morgan fingerprint density at radius 3 is 1.78 bits per heavy atom. The standard InChI is InChI=1S/C24H27NO6S/c1-17-6-10-20(11-7-17)32(26,27)25(19-9-13-22(29-3)24(15-19)31-5)16-18-8-12-21(28-2)23(14-18)30-4/h6-15H,16H2,1-5H3. The van der Waals surface area contributed by atoms with Crippen molar-refractivity contribution in [2.45, 2.75) is 18.4 Å². The van der Waals surface area contributed by atoms with Gasteiger partial charge >= 0.3 is 0 Å². The molecule has 0 aliphatic rings. The molecule has 3 aromatic rings. The molecule has 0 atom stereocenters. The van der Waals surface area contributed by atoms with Gasteiger partial charge in [0.1, 0.15) is 0 Å². The van der Waals surface area contributed by atoms with Crippen LogP contribution in [0.15, 0.2) is 65.6 Å². The van der Waals surface area contributed by atoms with Crippen molar-refractivity contribution in [1.29, 1.82) is 0 Å². The zero-order valence-electron chi connectivity index (χ0n) is 18.8. The van der Waals surface area contributed by atoms with Crippen molar-refractivity contribution in [2.75, 3.05) is 32.7 Å². The maximum Gasteiger partial charge on any atom is 0.264 e. The average Bonchev–Trinajstić information content (AvgIpc) is 2.82. The molecule has 0 aliphatic carbocycles. The molecule has 0 spiro atoms. The van der Waals surface area contributed by atoms with Crippen LogP contribution in [-0.4, -0.2) is 36.9 Å². The predicted octanol–water partition coefficient (Wildman–Crippen LogP) is 4.42. The molecular weight excluding hydrogens is 430 g/mol. The highest BCUT2D eigenvalue weighted by Gasteiger charge is 2.26. The first-order valence-corrected chi connectivity index (χ1v) is 11.3. The molecule has 0 bridgehead atoms. The van der Waals surface area contributed by atoms with Gasteiger partial charge in [-0.05, 0) is 48.9 Å². The third kappa shape index (κ3) is 4.75. The number of anilines is 1. The largest absolute Gasteiger partial charge is 0.493 e. The Balaban J connectivity index is 2.12. The van der Waals surface area contributed by atoms with Gasteiger partial charge in [0.25, 0.3) is 10.0 Å². The quantitative estimate of drug-likeness (QED) is 0.473. The molecule has 0 heterocycles. The summed E-state index contributed by atoms with van der Waals surface area (Å²) in [6, 6.07) is 17.1. The van der Waals surface area contributed by atoms with Crippen LogP contribution < -0.4 is 23.3 Å². The molecule has 0 unspecified atom stereocenters. The van der Waals surface area contributed by atoms with E-state index in [4.69, 9.17) is 18.9 Å². The summed E-state index contributed by atoms with van der Waals surface area (Å²) in [5.74, 6) is 2.02. The molecule has 7 nitrogen and oxygen atoms in total. The molecule has 8 heteroatoms. The summed E-state index contributed by atoms with van der Waals surface area (Å²) < 4.78 is 50.1. The van der Waals surface area contributed by atoms with Crippen molar-refractivity contribution in [3.63, 3.8) is 0 Å². The lowest BCUT2D eigenvalue weighted by Gasteiger charge is -2.26. The Morgan fingerprint density at radius 1 is 0.688 bits per heavy atom. The van der Waals surface area contributed by atoms with Gasteiger partial charge in [-0.3, -0.25) is 4.31 Å². The summed E-state index contributed by atoms with van der Waals surface area (Å²) in [5, 5.41) is 0. The van der Waals surface area contributed by atoms with E-state index in [0.29, 0.717) is 28.7 Å². The molecule has 0 aromatic heterocycles. The number of nitrogens with zero attached hydrogens (tertiary/aromatic N) is 1. The SMILES string of the molecule is COc1ccc(CN(c2ccc(OC)c(OC)c2)S(=O)(=O)c2ccc(C)cc2)cc1OC. The monoisotopic (exact) mass is 457 g/mol. The Kier molecular flexibility index (Phi) is 7.15. The van der Waals surface area contributed by atoms with E-state index in [1.54, 1.807) is 67.8 Å². The molecule has 0 radical (unpaired) electrons. The second kappa shape index (κ2) is 9.82. The number of aryl methyl sites for hydroxylation is 1. The zero-order chi connectivity index (χ0) is 23.3. The van der Waals surface area contributed by atoms with Crippen LogP contribution in [0.4, 0.5) is 5.69 Å². The minimum atomic E-state index is -3.88. The number of hydrogen-bond donors (Lipinski definition) is 0. The van der Waals surface area contributed by atoms with Crippen LogP contribution in [0.5, 0.6) is 23.0 Å². The first kappa shape index (κ1) is 23.3. The smallest absolute Gasteiger partial charge is 0.264 e. The van der Waals surface area contributed by atoms with Crippen molar-refractivity contribution in [3.05, 3.63) is 71.8 Å². The highest BCUT2D eigenvalue weighted by Crippen LogP contribution is 2.36. The van der Waals surface area contributed by atoms with Gasteiger partial charge in [0.05, 0.1) is 45.6 Å². The van der Waals surface area contributed by atoms with E-state index in [0.717, 1.165) is 11.1 Å². The van der Waals surface area contributed by atoms with Gasteiger partial charge in [0.15, 0.2) is 23.0 Å². The van der Waals surface area contributed by atoms with Crippen LogP contribution in [-0.2, 0) is 16.6 Å². The van der Waals surface area contributed by atoms with E-state index >= 15 is 0 Å². The highest BCUT2D eigenvalue weighted by atomic mass is 32.2. The Hall–Kier alpha value is -3.39. The van der Waals surface area contributed by atoms with Crippen molar-refractivity contribution in [2.24, 2.45) is 0 Å². The predicted molar refractivity (Wildman–Crippen MR) is 124 cm³/mol. The molecule has 0 saturated carbocycles. The number of hydrogen-bond acceptors (Lipinski definition) is 6. The number of rotatable bonds is 9. The number of benzene rings is 3. The first-order chi connectivity index (χ1) is 15.3. The maximum atomic E-state index is 13.7. The van der Waals surface area contributed by atoms with Crippen LogP contribution in [0, 0.1) is 6.92 Å². The fourth-order valence-corrected chi connectivity index (χ4v) is 4.72. The molecule has 3 aromatic carbocycles. The van der Waals surface area contributed by atoms with Crippen molar-refractivity contribution >= 4 is 15.7 Å². The molecule has 0 N–H and O–H groups in total. The van der Waals surface area contributed by atoms with Gasteiger partial charge in [-0.2, -0.15) is 0 Å². The molecule has 0 saturated heterocycles. The highest BCUT2D eigenvalue weighted by molar-refractivity contribution is 7.92. The second-order valence-corrected chi connectivity index (χ2v) is 8.92. The summed E-state index contributed by atoms with van der Waals surface area (Å²) in [5.41, 5.74) is 2.15. The van der Waals surface area contributed by atoms with E-state index in [2.05, 4.69) is 0 Å². The summed E-state index contributed by atoms with van der Waals surface area (Å²) in [7, 11) is 2.24. The Morgan fingerprint density at radius 2 is 1.22 bits per heavy atom. The minimum absolute atomic E-state index is 0.0754. The number of methoxy groups -OCH3 is 4. The van der Waals surface area contributed by atoms with E-state index in [1.165, 1.54) is 25.6 Å². The van der Waals surface area contributed by atoms with Crippen molar-refractivity contribution in [3.8, 4) is 23.0 Å². The van der Waals surface area contributed by atoms with Crippen LogP contribution in [0.2, 0.25) is 0 Å². The molecule has 0 amide bonds. The molecule has 0 fully saturated rings. The lowest BCUT2D eigenvalue weighted by atomic mass is 10.2. The average molecular weight is 458 g/mol. The van der Waals surface area contributed by atoms with Gasteiger partial charge in [-0.25, -0.2) is 8.42 Å². The number of ether oxygens (including phenoxy) is 4. The van der Waals surface area contributed by atoms with Crippen LogP contribution >= 0.6 is 0 Å². The molecule has 170 valence electrons. The lowest BCUT2D eigenvalue weighted by molar-refractivity contribution is 0.354. The van der Waals surface area contributed by atoms with E-state index in [1.807, 2.05) is 6.92 Å². The fourth-order valence-electron chi connectivity index (χ4n) is 3.28. The normalized spacial score (nSPS) is 11.0. The third-order valence-corrected chi connectivity index (χ3v) is 6.83. The summed E-state index contributed by atoms with van der Waals surface area (Å²) in [6.07, 6.45) is 0. The fraction of sp³-hybridized carbons (Fsp3) is 0.250. The van der Waals surface area contributed by atoms with Gasteiger partial charge in [-0.15, -0.1) is 0 Å². The first-order valence-electron chi connectivity index (χ1n) is 9.86. The van der Waals surface area contributed by atoms with E-state index in [9.17, 15) is 8.42 Å². The lowest BCUT2D eigenvalue weighted by Crippen LogP contribution is -2.30. The van der Waals surface area contributed by atoms with Gasteiger partial charge < -0.3 is 18.9 Å². The Labute approximate surface area is 189 Å². The summed E-state index contributed by atoms with van der Waals surface area (Å²) >= 11 is 0. The van der Waals surface area contributed by atoms with Crippen LogP contribution in [0.25, 0.3) is 0 Å². The molecule has 3 rings (SSSR count). The van der Waals surface area contributed by atoms with Gasteiger partial charge in [-0.1, -0.05) is 23.8 Å². The second-order valence-electron chi connectivity index (χ2n) is 7.05. The summed E-state index contributed by atoms with van der Waals surface area (Å²) in [6.45, 7) is 1.98. The zero-order valence-corrected chi connectivity index (χ0v) is 19.6. The van der Waals surface area contributed by atoms with Gasteiger partial charge in [0, 0.05) is 6.07 Å². The summed E-state index contributed by atoms with van der Waals surface area (Å²) in [4.78, 5) is 0.193. The minimum Gasteiger partial charge on any atom is -0.493 e. The molecule has 32 heavy (non-hydrogen) atoms. The maximum absolute atomic E-state index is 13.7. The van der Waals surface area contributed by atoms with Crippen molar-refractivity contribution in [1.82, 2.24) is 0 Å². The van der Waals surface area contributed by atoms with E-state index < -0.39 is 10.0 Å². The molecule has 0 aliphatic heterocycles. The topological polar surface area (TPSA) is 74.3 Å². The third-order valence-electron chi connectivity index (χ3n) is 5.04. The van der Waals surface area contributed by atoms with Crippen molar-refractivity contribution < 1.29 is 27.4 Å². The van der Waals surface area contributed by atoms with Crippen LogP contribution in [0.1, 0.15) is 11.1 Å². The van der Waals surface area contributed by atoms with Crippen LogP contribution in [0.3, 0.4) is 0 Å². The molecular formula is C24H27NO6S. The Bertz CT molecular complexity index is 1180. The van der Waals surface area contributed by atoms with E-state index in [-0.39, 0.29) is 11.4 Å².